The second-order valence-corrected chi connectivity index (χ2v) is 5.65. The van der Waals surface area contributed by atoms with Crippen LogP contribution in [0.25, 0.3) is 10.7 Å². The summed E-state index contributed by atoms with van der Waals surface area (Å²) in [4.78, 5) is 15.6. The zero-order chi connectivity index (χ0) is 16.1. The third-order valence-electron chi connectivity index (χ3n) is 3.13. The highest BCUT2D eigenvalue weighted by Gasteiger charge is 2.08. The molecule has 0 radical (unpaired) electrons. The van der Waals surface area contributed by atoms with Crippen LogP contribution in [-0.2, 0) is 11.3 Å². The van der Waals surface area contributed by atoms with Crippen LogP contribution in [0, 0.1) is 0 Å². The van der Waals surface area contributed by atoms with Gasteiger partial charge >= 0.3 is 5.97 Å². The molecule has 1 aromatic carbocycles. The predicted octanol–water partition coefficient (Wildman–Crippen LogP) is 3.00. The second kappa shape index (κ2) is 6.97. The molecule has 3 aromatic rings. The van der Waals surface area contributed by atoms with E-state index in [9.17, 15) is 4.79 Å². The lowest BCUT2D eigenvalue weighted by Gasteiger charge is -2.03. The molecule has 1 N–H and O–H groups in total. The summed E-state index contributed by atoms with van der Waals surface area (Å²) in [6.45, 7) is 0.596. The number of methoxy groups -OCH3 is 1. The topological polar surface area (TPSA) is 77.0 Å². The Balaban J connectivity index is 1.63. The van der Waals surface area contributed by atoms with Gasteiger partial charge in [0.05, 0.1) is 12.7 Å². The molecular formula is C16H14N4O2S. The van der Waals surface area contributed by atoms with Crippen LogP contribution in [0.15, 0.2) is 48.7 Å². The quantitative estimate of drug-likeness (QED) is 0.726. The molecule has 0 aliphatic heterocycles. The second-order valence-electron chi connectivity index (χ2n) is 4.67. The van der Waals surface area contributed by atoms with Crippen LogP contribution in [-0.4, -0.2) is 28.3 Å². The Morgan fingerprint density at radius 2 is 2.00 bits per heavy atom. The van der Waals surface area contributed by atoms with Crippen molar-refractivity contribution in [3.63, 3.8) is 0 Å². The van der Waals surface area contributed by atoms with Gasteiger partial charge in [-0.2, -0.15) is 0 Å². The molecule has 0 amide bonds. The first-order valence-corrected chi connectivity index (χ1v) is 7.74. The summed E-state index contributed by atoms with van der Waals surface area (Å²) in [6.07, 6.45) is 1.73. The standard InChI is InChI=1S/C16H14N4O2S/c1-22-15(21)12-7-5-11(6-8-12)10-18-16-20-19-14(23-16)13-4-2-3-9-17-13/h2-9H,10H2,1H3,(H,18,20). The van der Waals surface area contributed by atoms with Crippen LogP contribution >= 0.6 is 11.3 Å². The Hall–Kier alpha value is -2.80. The van der Waals surface area contributed by atoms with Crippen molar-refractivity contribution in [2.45, 2.75) is 6.54 Å². The molecule has 0 spiro atoms. The Morgan fingerprint density at radius 3 is 2.70 bits per heavy atom. The average molecular weight is 326 g/mol. The van der Waals surface area contributed by atoms with Crippen molar-refractivity contribution >= 4 is 22.4 Å². The lowest BCUT2D eigenvalue weighted by Crippen LogP contribution is -2.02. The minimum Gasteiger partial charge on any atom is -0.465 e. The zero-order valence-electron chi connectivity index (χ0n) is 12.4. The minimum atomic E-state index is -0.339. The zero-order valence-corrected chi connectivity index (χ0v) is 13.2. The highest BCUT2D eigenvalue weighted by atomic mass is 32.1. The fourth-order valence-electron chi connectivity index (χ4n) is 1.94. The molecule has 23 heavy (non-hydrogen) atoms. The van der Waals surface area contributed by atoms with Gasteiger partial charge in [0.25, 0.3) is 0 Å². The third-order valence-corrected chi connectivity index (χ3v) is 4.03. The maximum atomic E-state index is 11.4. The summed E-state index contributed by atoms with van der Waals surface area (Å²) in [5.74, 6) is -0.339. The molecular weight excluding hydrogens is 312 g/mol. The normalized spacial score (nSPS) is 10.3. The fourth-order valence-corrected chi connectivity index (χ4v) is 2.66. The molecule has 3 rings (SSSR count). The molecule has 2 heterocycles. The number of carbonyl (C=O) groups excluding carboxylic acids is 1. The third kappa shape index (κ3) is 3.70. The van der Waals surface area contributed by atoms with Crippen molar-refractivity contribution in [3.8, 4) is 10.7 Å². The van der Waals surface area contributed by atoms with E-state index in [2.05, 4.69) is 25.2 Å². The number of hydrogen-bond acceptors (Lipinski definition) is 7. The van der Waals surface area contributed by atoms with Gasteiger partial charge in [-0.25, -0.2) is 4.79 Å². The Morgan fingerprint density at radius 1 is 1.17 bits per heavy atom. The maximum absolute atomic E-state index is 11.4. The number of rotatable bonds is 5. The lowest BCUT2D eigenvalue weighted by molar-refractivity contribution is 0.0600. The highest BCUT2D eigenvalue weighted by Crippen LogP contribution is 2.24. The average Bonchev–Trinajstić information content (AvgIpc) is 3.09. The van der Waals surface area contributed by atoms with Gasteiger partial charge in [-0.1, -0.05) is 29.5 Å². The molecule has 0 aliphatic carbocycles. The first-order chi connectivity index (χ1) is 11.3. The van der Waals surface area contributed by atoms with Crippen molar-refractivity contribution in [1.82, 2.24) is 15.2 Å². The Bertz CT molecular complexity index is 787. The maximum Gasteiger partial charge on any atom is 0.337 e. The number of carbonyl (C=O) groups is 1. The SMILES string of the molecule is COC(=O)c1ccc(CNc2nnc(-c3ccccn3)s2)cc1. The molecule has 0 bridgehead atoms. The number of anilines is 1. The highest BCUT2D eigenvalue weighted by molar-refractivity contribution is 7.18. The molecule has 0 aliphatic rings. The van der Waals surface area contributed by atoms with Crippen molar-refractivity contribution in [2.24, 2.45) is 0 Å². The van der Waals surface area contributed by atoms with Crippen LogP contribution in [0.2, 0.25) is 0 Å². The lowest BCUT2D eigenvalue weighted by atomic mass is 10.1. The number of pyridine rings is 1. The van der Waals surface area contributed by atoms with E-state index in [0.29, 0.717) is 12.1 Å². The fraction of sp³-hybridized carbons (Fsp3) is 0.125. The number of ether oxygens (including phenoxy) is 1. The Labute approximate surface area is 137 Å². The summed E-state index contributed by atoms with van der Waals surface area (Å²) in [6, 6.07) is 12.9. The van der Waals surface area contributed by atoms with Crippen LogP contribution in [0.1, 0.15) is 15.9 Å². The van der Waals surface area contributed by atoms with Gasteiger partial charge in [0, 0.05) is 12.7 Å². The number of benzene rings is 1. The van der Waals surface area contributed by atoms with E-state index in [1.807, 2.05) is 30.3 Å². The Kier molecular flexibility index (Phi) is 4.58. The van der Waals surface area contributed by atoms with E-state index in [1.165, 1.54) is 18.4 Å². The van der Waals surface area contributed by atoms with E-state index in [-0.39, 0.29) is 5.97 Å². The van der Waals surface area contributed by atoms with Crippen molar-refractivity contribution in [2.75, 3.05) is 12.4 Å². The molecule has 2 aromatic heterocycles. The predicted molar refractivity (Wildman–Crippen MR) is 88.2 cm³/mol. The largest absolute Gasteiger partial charge is 0.465 e. The van der Waals surface area contributed by atoms with Crippen LogP contribution < -0.4 is 5.32 Å². The number of nitrogens with one attached hydrogen (secondary N) is 1. The van der Waals surface area contributed by atoms with Crippen molar-refractivity contribution < 1.29 is 9.53 Å². The number of esters is 1. The van der Waals surface area contributed by atoms with E-state index in [4.69, 9.17) is 0 Å². The van der Waals surface area contributed by atoms with Gasteiger partial charge in [0.2, 0.25) is 5.13 Å². The van der Waals surface area contributed by atoms with Gasteiger partial charge in [-0.05, 0) is 29.8 Å². The number of nitrogens with zero attached hydrogens (tertiary/aromatic N) is 3. The summed E-state index contributed by atoms with van der Waals surface area (Å²) in [7, 11) is 1.37. The summed E-state index contributed by atoms with van der Waals surface area (Å²) < 4.78 is 4.67. The minimum absolute atomic E-state index is 0.339. The summed E-state index contributed by atoms with van der Waals surface area (Å²) in [5.41, 5.74) is 2.37. The molecule has 7 heteroatoms. The molecule has 0 atom stereocenters. The first kappa shape index (κ1) is 15.1. The van der Waals surface area contributed by atoms with Gasteiger partial charge in [0.1, 0.15) is 5.69 Å². The van der Waals surface area contributed by atoms with Crippen LogP contribution in [0.4, 0.5) is 5.13 Å². The first-order valence-electron chi connectivity index (χ1n) is 6.92. The van der Waals surface area contributed by atoms with E-state index in [0.717, 1.165) is 21.4 Å². The van der Waals surface area contributed by atoms with E-state index >= 15 is 0 Å². The van der Waals surface area contributed by atoms with E-state index in [1.54, 1.807) is 18.3 Å². The molecule has 0 saturated carbocycles. The van der Waals surface area contributed by atoms with Crippen molar-refractivity contribution in [1.29, 1.82) is 0 Å². The number of aromatic nitrogens is 3. The smallest absolute Gasteiger partial charge is 0.337 e. The molecule has 0 unspecified atom stereocenters. The summed E-state index contributed by atoms with van der Waals surface area (Å²) in [5, 5.41) is 13.0. The van der Waals surface area contributed by atoms with E-state index < -0.39 is 0 Å². The van der Waals surface area contributed by atoms with Gasteiger partial charge < -0.3 is 10.1 Å². The monoisotopic (exact) mass is 326 g/mol. The van der Waals surface area contributed by atoms with Crippen LogP contribution in [0.5, 0.6) is 0 Å². The molecule has 0 saturated heterocycles. The number of hydrogen-bond donors (Lipinski definition) is 1. The molecule has 0 fully saturated rings. The van der Waals surface area contributed by atoms with Gasteiger partial charge in [-0.3, -0.25) is 4.98 Å². The van der Waals surface area contributed by atoms with Gasteiger partial charge in [0.15, 0.2) is 5.01 Å². The molecule has 116 valence electrons. The van der Waals surface area contributed by atoms with Crippen LogP contribution in [0.3, 0.4) is 0 Å². The van der Waals surface area contributed by atoms with Crippen molar-refractivity contribution in [3.05, 3.63) is 59.8 Å². The summed E-state index contributed by atoms with van der Waals surface area (Å²) >= 11 is 1.45. The molecule has 6 nitrogen and oxygen atoms in total. The van der Waals surface area contributed by atoms with Gasteiger partial charge in [-0.15, -0.1) is 10.2 Å².